The van der Waals surface area contributed by atoms with Gasteiger partial charge >= 0.3 is 0 Å². The molecule has 9 heteroatoms. The van der Waals surface area contributed by atoms with E-state index in [1.165, 1.54) is 16.7 Å². The van der Waals surface area contributed by atoms with Crippen LogP contribution in [0.1, 0.15) is 67.2 Å². The van der Waals surface area contributed by atoms with E-state index in [0.29, 0.717) is 36.8 Å². The predicted molar refractivity (Wildman–Crippen MR) is 168 cm³/mol. The quantitative estimate of drug-likeness (QED) is 0.173. The van der Waals surface area contributed by atoms with Crippen molar-refractivity contribution in [1.29, 1.82) is 0 Å². The van der Waals surface area contributed by atoms with Gasteiger partial charge in [-0.2, -0.15) is 30.9 Å². The first kappa shape index (κ1) is 48.8. The van der Waals surface area contributed by atoms with Crippen molar-refractivity contribution in [2.45, 2.75) is 104 Å². The second-order valence-electron chi connectivity index (χ2n) is 11.6. The molecule has 44 heavy (non-hydrogen) atoms. The second-order valence-corrected chi connectivity index (χ2v) is 11.6. The van der Waals surface area contributed by atoms with E-state index in [-0.39, 0.29) is 93.3 Å². The first-order valence-electron chi connectivity index (χ1n) is 14.1. The molecule has 6 N–H and O–H groups in total. The van der Waals surface area contributed by atoms with Crippen LogP contribution in [0.4, 0.5) is 0 Å². The summed E-state index contributed by atoms with van der Waals surface area (Å²) in [5.41, 5.74) is 7.57. The van der Waals surface area contributed by atoms with Crippen LogP contribution in [0.3, 0.4) is 0 Å². The first-order chi connectivity index (χ1) is 19.1. The Labute approximate surface area is 337 Å². The average molecular weight is 1280 g/mol. The maximum Gasteiger partial charge on any atom is 0.0771 e. The number of aliphatic hydroxyl groups excluding tert-OH is 6. The zero-order chi connectivity index (χ0) is 31.3. The minimum absolute atomic E-state index is 0. The second kappa shape index (κ2) is 25.5. The first-order valence-corrected chi connectivity index (χ1v) is 14.1. The topological polar surface area (TPSA) is 121 Å². The Morgan fingerprint density at radius 2 is 1.07 bits per heavy atom. The van der Waals surface area contributed by atoms with Gasteiger partial charge in [0.2, 0.25) is 0 Å². The molecular weight excluding hydrogens is 1230 g/mol. The normalized spacial score (nSPS) is 28.3. The van der Waals surface area contributed by atoms with Gasteiger partial charge in [0, 0.05) is 118 Å². The zero-order valence-electron chi connectivity index (χ0n) is 27.1. The number of hydrogen-bond donors (Lipinski definition) is 6. The monoisotopic (exact) mass is 1280 g/mol. The van der Waals surface area contributed by atoms with E-state index in [9.17, 15) is 30.6 Å². The minimum atomic E-state index is -0.712. The van der Waals surface area contributed by atoms with E-state index >= 15 is 0 Å². The van der Waals surface area contributed by atoms with Gasteiger partial charge in [-0.15, -0.1) is 30.4 Å². The molecular formula is C35H51O6U3-3. The SMILES string of the molecule is C=C1/C(=C/C=C(C)C)[CH-][C@@H](O)C[C@@H]1O.C=C1[C@H](O)[CH-]/C(=C\C=C(C)C)C[C@H]1O.CC(C)=C/C=C1\[CH-][C@@H](O)C[C@H](O)C1.[U].[U].[U]. The van der Waals surface area contributed by atoms with Crippen molar-refractivity contribution in [2.75, 3.05) is 0 Å². The molecule has 3 aliphatic rings. The van der Waals surface area contributed by atoms with Crippen LogP contribution in [0.25, 0.3) is 0 Å². The maximum atomic E-state index is 9.54. The molecule has 3 aliphatic carbocycles. The summed E-state index contributed by atoms with van der Waals surface area (Å²) in [6.07, 6.45) is 15.6. The number of allylic oxidation sites excluding steroid dienone is 9. The Morgan fingerprint density at radius 1 is 0.614 bits per heavy atom. The number of rotatable bonds is 3. The van der Waals surface area contributed by atoms with Crippen LogP contribution in [0.2, 0.25) is 0 Å². The molecule has 0 aromatic carbocycles. The van der Waals surface area contributed by atoms with Crippen molar-refractivity contribution in [2.24, 2.45) is 0 Å². The van der Waals surface area contributed by atoms with Crippen molar-refractivity contribution >= 4 is 0 Å². The predicted octanol–water partition coefficient (Wildman–Crippen LogP) is 5.13. The standard InChI is InChI=1S/2C12H17O2.C11H17O2.3U/c1-8(2)4-5-10-6-11(13)7-12(14)9(10)3;1-8(2)4-5-10-6-11(13)9(3)12(14)7-10;1-8(2)3-4-9-5-10(12)7-11(13)6-9;;;/h2*4-6,11-14H,3,7H2,1-2H3;3-5,10-13H,6-7H2,1-2H3;;;/q3*-1;;;/b2*10-5+;9-4+;;;/t11-,12+;11-,12-;10-,11-;;;/m111.../s1. The summed E-state index contributed by atoms with van der Waals surface area (Å²) in [7, 11) is 0. The van der Waals surface area contributed by atoms with Gasteiger partial charge in [-0.05, 0) is 72.8 Å². The van der Waals surface area contributed by atoms with E-state index in [4.69, 9.17) is 0 Å². The van der Waals surface area contributed by atoms with Gasteiger partial charge in [-0.1, -0.05) is 23.3 Å². The molecule has 3 saturated carbocycles. The average Bonchev–Trinajstić information content (AvgIpc) is 2.86. The fourth-order valence-electron chi connectivity index (χ4n) is 4.11. The van der Waals surface area contributed by atoms with Crippen molar-refractivity contribution in [3.05, 3.63) is 113 Å². The number of aliphatic hydroxyl groups is 6. The molecule has 3 rings (SSSR count). The largest absolute Gasteiger partial charge is 0.407 e. The molecule has 3 fully saturated rings. The molecule has 242 valence electrons. The van der Waals surface area contributed by atoms with Crippen molar-refractivity contribution in [3.8, 4) is 0 Å². The summed E-state index contributed by atoms with van der Waals surface area (Å²) in [6, 6.07) is 0. The van der Waals surface area contributed by atoms with Crippen LogP contribution < -0.4 is 0 Å². The van der Waals surface area contributed by atoms with E-state index in [1.807, 2.05) is 84.4 Å². The molecule has 0 radical (unpaired) electrons. The molecule has 0 unspecified atom stereocenters. The van der Waals surface area contributed by atoms with E-state index in [2.05, 4.69) is 13.2 Å². The molecule has 6 nitrogen and oxygen atoms in total. The van der Waals surface area contributed by atoms with Crippen LogP contribution >= 0.6 is 0 Å². The maximum absolute atomic E-state index is 9.54. The summed E-state index contributed by atoms with van der Waals surface area (Å²) in [4.78, 5) is 0. The molecule has 0 bridgehead atoms. The van der Waals surface area contributed by atoms with E-state index in [1.54, 1.807) is 12.8 Å². The van der Waals surface area contributed by atoms with Crippen LogP contribution in [-0.4, -0.2) is 67.3 Å². The Balaban J connectivity index is -0.000000555. The zero-order valence-corrected chi connectivity index (χ0v) is 39.6. The third-order valence-electron chi connectivity index (χ3n) is 6.47. The fourth-order valence-corrected chi connectivity index (χ4v) is 4.11. The van der Waals surface area contributed by atoms with E-state index < -0.39 is 36.6 Å². The van der Waals surface area contributed by atoms with Gasteiger partial charge in [-0.25, -0.2) is 23.3 Å². The van der Waals surface area contributed by atoms with Crippen molar-refractivity contribution in [1.82, 2.24) is 0 Å². The van der Waals surface area contributed by atoms with Crippen molar-refractivity contribution < 1.29 is 124 Å². The smallest absolute Gasteiger partial charge is 0.0771 e. The van der Waals surface area contributed by atoms with Gasteiger partial charge in [0.15, 0.2) is 0 Å². The van der Waals surface area contributed by atoms with Crippen LogP contribution in [0, 0.1) is 113 Å². The molecule has 6 atom stereocenters. The molecule has 0 aromatic rings. The summed E-state index contributed by atoms with van der Waals surface area (Å²) in [5.74, 6) is 0. The summed E-state index contributed by atoms with van der Waals surface area (Å²) >= 11 is 0. The molecule has 0 aliphatic heterocycles. The third-order valence-corrected chi connectivity index (χ3v) is 6.47. The molecule has 0 aromatic heterocycles. The number of hydrogen-bond acceptors (Lipinski definition) is 6. The minimum Gasteiger partial charge on any atom is -0.407 e. The Kier molecular flexibility index (Phi) is 28.3. The van der Waals surface area contributed by atoms with Crippen LogP contribution in [-0.2, 0) is 0 Å². The van der Waals surface area contributed by atoms with Gasteiger partial charge in [-0.3, -0.25) is 0 Å². The third kappa shape index (κ3) is 20.6. The summed E-state index contributed by atoms with van der Waals surface area (Å²) in [5, 5.41) is 56.7. The van der Waals surface area contributed by atoms with E-state index in [0.717, 1.165) is 16.7 Å². The fraction of sp³-hybridized carbons (Fsp3) is 0.457. The summed E-state index contributed by atoms with van der Waals surface area (Å²) < 4.78 is 0. The van der Waals surface area contributed by atoms with Gasteiger partial charge in [0.25, 0.3) is 0 Å². The molecule has 0 amide bonds. The molecule has 0 spiro atoms. The summed E-state index contributed by atoms with van der Waals surface area (Å²) in [6.45, 7) is 19.5. The molecule has 0 saturated heterocycles. The Hall–Kier alpha value is 0.446. The van der Waals surface area contributed by atoms with Gasteiger partial charge < -0.3 is 30.6 Å². The Bertz CT molecular complexity index is 1050. The van der Waals surface area contributed by atoms with Crippen LogP contribution in [0.15, 0.2) is 94.2 Å². The Morgan fingerprint density at radius 3 is 1.52 bits per heavy atom. The van der Waals surface area contributed by atoms with Crippen LogP contribution in [0.5, 0.6) is 0 Å². The van der Waals surface area contributed by atoms with Crippen molar-refractivity contribution in [3.63, 3.8) is 0 Å². The van der Waals surface area contributed by atoms with Gasteiger partial charge in [0.1, 0.15) is 0 Å². The molecule has 0 heterocycles. The van der Waals surface area contributed by atoms with Gasteiger partial charge in [0.05, 0.1) is 12.2 Å².